The summed E-state index contributed by atoms with van der Waals surface area (Å²) in [5.74, 6) is -1.93. The Kier molecular flexibility index (Phi) is 18.1. The van der Waals surface area contributed by atoms with Crippen molar-refractivity contribution in [1.82, 2.24) is 15.3 Å². The molecule has 1 amide bonds. The van der Waals surface area contributed by atoms with E-state index >= 15 is 0 Å². The summed E-state index contributed by atoms with van der Waals surface area (Å²) in [4.78, 5) is 53.5. The van der Waals surface area contributed by atoms with Gasteiger partial charge in [0.2, 0.25) is 5.95 Å². The Labute approximate surface area is 310 Å². The normalized spacial score (nSPS) is 14.3. The Bertz CT molecular complexity index is 1630. The molecule has 0 saturated carbocycles. The number of nitrogen functional groups attached to an aromatic ring is 1. The van der Waals surface area contributed by atoms with Crippen LogP contribution in [0.5, 0.6) is 0 Å². The summed E-state index contributed by atoms with van der Waals surface area (Å²) in [6.45, 7) is 1.08. The molecule has 2 atom stereocenters. The van der Waals surface area contributed by atoms with E-state index in [1.165, 1.54) is 7.11 Å². The number of ether oxygens (including phenoxy) is 1. The van der Waals surface area contributed by atoms with Crippen molar-refractivity contribution in [2.75, 3.05) is 67.6 Å². The molecular weight excluding hydrogens is 707 g/mol. The number of benzene rings is 1. The molecule has 2 heterocycles. The third-order valence-corrected chi connectivity index (χ3v) is 7.29. The van der Waals surface area contributed by atoms with E-state index in [1.807, 2.05) is 0 Å². The molecule has 0 radical (unpaired) electrons. The van der Waals surface area contributed by atoms with E-state index in [9.17, 15) is 41.1 Å². The summed E-state index contributed by atoms with van der Waals surface area (Å²) in [5.41, 5.74) is 6.48. The Balaban J connectivity index is 0. The average molecular weight is 748 g/mol. The summed E-state index contributed by atoms with van der Waals surface area (Å²) >= 11 is 0. The predicted octanol–water partition coefficient (Wildman–Crippen LogP) is -0.630. The molecule has 1 aromatic heterocycles. The maximum absolute atomic E-state index is 12.4. The van der Waals surface area contributed by atoms with Gasteiger partial charge in [0.05, 0.1) is 38.9 Å². The summed E-state index contributed by atoms with van der Waals surface area (Å²) in [5, 5.41) is 21.0. The van der Waals surface area contributed by atoms with Crippen molar-refractivity contribution in [3.63, 3.8) is 0 Å². The van der Waals surface area contributed by atoms with Gasteiger partial charge in [0.15, 0.2) is 5.82 Å². The maximum Gasteiger partial charge on any atom is 2.00 e. The van der Waals surface area contributed by atoms with Crippen LogP contribution in [0.25, 0.3) is 0 Å². The number of carboxylic acid groups (broad SMARTS) is 1. The second kappa shape index (κ2) is 20.3. The molecule has 8 N–H and O–H groups in total. The van der Waals surface area contributed by atoms with Crippen LogP contribution in [-0.2, 0) is 42.9 Å². The molecule has 3 rings (SSSR count). The Morgan fingerprint density at radius 1 is 1.08 bits per heavy atom. The number of hydrogen-bond acceptors (Lipinski definition) is 16. The van der Waals surface area contributed by atoms with Gasteiger partial charge in [-0.15, -0.1) is 0 Å². The first-order chi connectivity index (χ1) is 22.0. The Hall–Kier alpha value is -3.21. The van der Waals surface area contributed by atoms with Crippen molar-refractivity contribution in [3.05, 3.63) is 40.2 Å². The molecule has 1 aromatic carbocycles. The quantitative estimate of drug-likeness (QED) is 0.0487. The molecule has 0 aliphatic carbocycles. The zero-order chi connectivity index (χ0) is 35.2. The third kappa shape index (κ3) is 16.8. The number of amides is 1. The van der Waals surface area contributed by atoms with Gasteiger partial charge >= 0.3 is 49.7 Å². The number of aromatic amines is 1. The molecule has 48 heavy (non-hydrogen) atoms. The zero-order valence-corrected chi connectivity index (χ0v) is 30.4. The largest absolute Gasteiger partial charge is 2.00 e. The molecule has 1 aliphatic heterocycles. The van der Waals surface area contributed by atoms with Crippen LogP contribution in [-0.4, -0.2) is 146 Å². The van der Waals surface area contributed by atoms with Gasteiger partial charge in [-0.3, -0.25) is 27.7 Å². The first-order valence-corrected chi connectivity index (χ1v) is 17.6. The fourth-order valence-corrected chi connectivity index (χ4v) is 4.66. The molecule has 0 spiro atoms. The summed E-state index contributed by atoms with van der Waals surface area (Å²) in [6.07, 6.45) is 2.58. The number of methoxy groups -OCH3 is 1. The number of carbonyl (C=O) groups is 3. The number of carboxylic acids is 1. The zero-order valence-electron chi connectivity index (χ0n) is 28.6. The maximum atomic E-state index is 12.4. The number of rotatable bonds is 16. The van der Waals surface area contributed by atoms with Crippen LogP contribution in [0.2, 0.25) is 0 Å². The molecular formula is C26H41CaN7O12S2. The fourth-order valence-electron chi connectivity index (χ4n) is 3.82. The Morgan fingerprint density at radius 2 is 1.67 bits per heavy atom. The van der Waals surface area contributed by atoms with Gasteiger partial charge < -0.3 is 39.7 Å². The van der Waals surface area contributed by atoms with Crippen LogP contribution < -0.4 is 32.6 Å². The van der Waals surface area contributed by atoms with E-state index in [0.717, 1.165) is 18.2 Å². The van der Waals surface area contributed by atoms with Crippen LogP contribution >= 0.6 is 0 Å². The van der Waals surface area contributed by atoms with Crippen molar-refractivity contribution in [2.24, 2.45) is 0 Å². The summed E-state index contributed by atoms with van der Waals surface area (Å²) in [6, 6.07) is 5.14. The van der Waals surface area contributed by atoms with Gasteiger partial charge in [-0.1, -0.05) is 0 Å². The van der Waals surface area contributed by atoms with E-state index in [4.69, 9.17) is 5.73 Å². The van der Waals surface area contributed by atoms with Gasteiger partial charge in [-0.25, -0.2) is 4.79 Å². The molecule has 22 heteroatoms. The number of hydrogen-bond donors (Lipinski definition) is 7. The molecule has 2 aromatic rings. The van der Waals surface area contributed by atoms with Crippen LogP contribution in [0.1, 0.15) is 38.9 Å². The molecule has 0 saturated heterocycles. The average Bonchev–Trinajstić information content (AvgIpc) is 2.99. The van der Waals surface area contributed by atoms with E-state index in [1.54, 1.807) is 24.3 Å². The van der Waals surface area contributed by atoms with Crippen LogP contribution in [0.4, 0.5) is 23.1 Å². The van der Waals surface area contributed by atoms with Crippen LogP contribution in [0.3, 0.4) is 0 Å². The first kappa shape index (κ1) is 42.8. The van der Waals surface area contributed by atoms with E-state index in [2.05, 4.69) is 44.3 Å². The van der Waals surface area contributed by atoms with Gasteiger partial charge in [0, 0.05) is 30.8 Å². The molecule has 0 fully saturated rings. The number of H-pyrrole nitrogens is 1. The molecule has 0 bridgehead atoms. The van der Waals surface area contributed by atoms with E-state index in [-0.39, 0.29) is 89.8 Å². The smallest absolute Gasteiger partial charge is 1.00 e. The van der Waals surface area contributed by atoms with Crippen molar-refractivity contribution in [2.45, 2.75) is 37.8 Å². The minimum atomic E-state index is -3.40. The number of aromatic nitrogens is 2. The second-order valence-electron chi connectivity index (χ2n) is 10.1. The van der Waals surface area contributed by atoms with Crippen molar-refractivity contribution in [1.29, 1.82) is 0 Å². The standard InChI is InChI=1S/C20H25N7O6.C6H14O6S2.Ca.2H/c1-33-14(28)7-6-13(19(31)32)25-17(29)10-2-4-11(5-3-10)22-8-12-9-23-16-15(24-12)18(30)27-20(21)26-16;1-13(7,8)11-5-3-4-6-12-14(2,9)10;;;/h2-5,12-13,22,24H,6-9H2,1H3,(H,25,29)(H,31,32)(H4,21,23,26,27,30);3-6H2,1-2H3;;;/q;;+2;2*-1. The molecule has 19 nitrogen and oxygen atoms in total. The number of nitrogens with two attached hydrogens (primary N) is 1. The van der Waals surface area contributed by atoms with Gasteiger partial charge in [0.25, 0.3) is 31.7 Å². The summed E-state index contributed by atoms with van der Waals surface area (Å²) < 4.78 is 55.2. The van der Waals surface area contributed by atoms with Crippen LogP contribution in [0.15, 0.2) is 29.1 Å². The van der Waals surface area contributed by atoms with E-state index < -0.39 is 44.1 Å². The topological polar surface area (TPSA) is 287 Å². The Morgan fingerprint density at radius 3 is 2.19 bits per heavy atom. The number of anilines is 4. The van der Waals surface area contributed by atoms with Crippen molar-refractivity contribution in [3.8, 4) is 0 Å². The predicted molar refractivity (Wildman–Crippen MR) is 179 cm³/mol. The first-order valence-electron chi connectivity index (χ1n) is 14.0. The number of nitrogens with zero attached hydrogens (tertiary/aromatic N) is 1. The molecule has 1 aliphatic rings. The number of unbranched alkanes of at least 4 members (excludes halogenated alkanes) is 1. The number of carbonyl (C=O) groups excluding carboxylic acids is 2. The van der Waals surface area contributed by atoms with Crippen molar-refractivity contribution >= 4 is 99.0 Å². The number of esters is 1. The van der Waals surface area contributed by atoms with Gasteiger partial charge in [0.1, 0.15) is 11.7 Å². The SMILES string of the molecule is COC(=O)CCC(NC(=O)c1ccc(NCC2CNc3nc(N)[nH]c(=O)c3N2)cc1)C(=O)O.CS(=O)(=O)OCCCCOS(C)(=O)=O.[Ca+2].[H-].[H-]. The summed E-state index contributed by atoms with van der Waals surface area (Å²) in [7, 11) is -5.59. The minimum Gasteiger partial charge on any atom is -1.00 e. The fraction of sp³-hybridized carbons (Fsp3) is 0.500. The van der Waals surface area contributed by atoms with E-state index in [0.29, 0.717) is 37.4 Å². The second-order valence-corrected chi connectivity index (χ2v) is 13.4. The van der Waals surface area contributed by atoms with Gasteiger partial charge in [-0.2, -0.15) is 21.8 Å². The number of fused-ring (bicyclic) bond motifs is 1. The number of aliphatic carboxylic acids is 1. The van der Waals surface area contributed by atoms with Crippen molar-refractivity contribution < 1.29 is 52.3 Å². The van der Waals surface area contributed by atoms with Crippen LogP contribution in [0, 0.1) is 0 Å². The number of nitrogens with one attached hydrogen (secondary N) is 5. The molecule has 266 valence electrons. The monoisotopic (exact) mass is 747 g/mol. The third-order valence-electron chi connectivity index (χ3n) is 6.10. The minimum absolute atomic E-state index is 0. The molecule has 2 unspecified atom stereocenters. The van der Waals surface area contributed by atoms with Gasteiger partial charge in [-0.05, 0) is 43.5 Å².